The number of anilines is 1. The highest BCUT2D eigenvalue weighted by atomic mass is 16.5. The van der Waals surface area contributed by atoms with E-state index in [1.54, 1.807) is 43.5 Å². The molecule has 0 saturated carbocycles. The fourth-order valence-corrected chi connectivity index (χ4v) is 4.41. The molecule has 0 N–H and O–H groups in total. The van der Waals surface area contributed by atoms with Gasteiger partial charge in [0.25, 0.3) is 5.91 Å². The van der Waals surface area contributed by atoms with E-state index in [1.807, 2.05) is 49.4 Å². The maximum absolute atomic E-state index is 13.5. The van der Waals surface area contributed by atoms with Gasteiger partial charge in [-0.1, -0.05) is 60.2 Å². The predicted octanol–water partition coefficient (Wildman–Crippen LogP) is 3.68. The van der Waals surface area contributed by atoms with Crippen LogP contribution in [0.4, 0.5) is 10.5 Å². The Labute approximate surface area is 213 Å². The Morgan fingerprint density at radius 3 is 2.24 bits per heavy atom. The fourth-order valence-electron chi connectivity index (χ4n) is 4.41. The molecule has 5 rings (SSSR count). The van der Waals surface area contributed by atoms with Crippen LogP contribution < -0.4 is 9.64 Å². The summed E-state index contributed by atoms with van der Waals surface area (Å²) in [5, 5.41) is 5.87. The van der Waals surface area contributed by atoms with Gasteiger partial charge in [-0.15, -0.1) is 0 Å². The van der Waals surface area contributed by atoms with Crippen LogP contribution in [0.5, 0.6) is 5.75 Å². The lowest BCUT2D eigenvalue weighted by Crippen LogP contribution is -2.42. The number of aryl methyl sites for hydroxylation is 1. The van der Waals surface area contributed by atoms with Crippen molar-refractivity contribution in [3.05, 3.63) is 95.6 Å². The number of hydrazone groups is 1. The van der Waals surface area contributed by atoms with E-state index in [2.05, 4.69) is 5.10 Å². The van der Waals surface area contributed by atoms with Crippen LogP contribution in [0, 0.1) is 6.92 Å². The van der Waals surface area contributed by atoms with Gasteiger partial charge in [-0.2, -0.15) is 5.10 Å². The number of amides is 5. The predicted molar refractivity (Wildman–Crippen MR) is 136 cm³/mol. The molecule has 2 heterocycles. The Hall–Kier alpha value is -4.79. The number of hydrogen-bond donors (Lipinski definition) is 0. The normalized spacial score (nSPS) is 17.5. The van der Waals surface area contributed by atoms with E-state index in [0.717, 1.165) is 21.6 Å². The molecule has 0 unspecified atom stereocenters. The second-order valence-electron chi connectivity index (χ2n) is 8.79. The molecule has 0 radical (unpaired) electrons. The summed E-state index contributed by atoms with van der Waals surface area (Å²) in [6.07, 6.45) is 0.443. The third-order valence-corrected chi connectivity index (χ3v) is 6.41. The first kappa shape index (κ1) is 23.9. The van der Waals surface area contributed by atoms with E-state index < -0.39 is 36.3 Å². The van der Waals surface area contributed by atoms with Crippen molar-refractivity contribution in [1.82, 2.24) is 9.91 Å². The minimum atomic E-state index is -1.05. The van der Waals surface area contributed by atoms with E-state index in [1.165, 1.54) is 5.01 Å². The van der Waals surface area contributed by atoms with Gasteiger partial charge in [-0.05, 0) is 42.3 Å². The Bertz CT molecular complexity index is 1400. The van der Waals surface area contributed by atoms with E-state index in [0.29, 0.717) is 22.8 Å². The van der Waals surface area contributed by atoms with Crippen molar-refractivity contribution in [2.45, 2.75) is 19.4 Å². The number of imide groups is 2. The highest BCUT2D eigenvalue weighted by molar-refractivity contribution is 6.53. The van der Waals surface area contributed by atoms with Gasteiger partial charge in [0.05, 0.1) is 24.6 Å². The van der Waals surface area contributed by atoms with Gasteiger partial charge in [-0.3, -0.25) is 14.4 Å². The molecule has 186 valence electrons. The number of benzene rings is 3. The SMILES string of the molecule is COc1ccc([C@H]2CC(c3ccccc3)=NN2C(=O)CN2C(=O)C(=O)N(c3ccc(C)cc3)C2=O)cc1. The van der Waals surface area contributed by atoms with E-state index >= 15 is 0 Å². The van der Waals surface area contributed by atoms with Crippen LogP contribution in [0.25, 0.3) is 0 Å². The third kappa shape index (κ3) is 4.47. The first-order valence-corrected chi connectivity index (χ1v) is 11.7. The van der Waals surface area contributed by atoms with Crippen molar-refractivity contribution in [2.75, 3.05) is 18.6 Å². The average Bonchev–Trinajstić information content (AvgIpc) is 3.46. The summed E-state index contributed by atoms with van der Waals surface area (Å²) in [4.78, 5) is 53.4. The molecule has 0 spiro atoms. The van der Waals surface area contributed by atoms with Crippen molar-refractivity contribution in [2.24, 2.45) is 5.10 Å². The van der Waals surface area contributed by atoms with Crippen LogP contribution in [-0.2, 0) is 14.4 Å². The van der Waals surface area contributed by atoms with Crippen LogP contribution in [0.2, 0.25) is 0 Å². The van der Waals surface area contributed by atoms with Crippen molar-refractivity contribution in [3.8, 4) is 5.75 Å². The summed E-state index contributed by atoms with van der Waals surface area (Å²) in [6, 6.07) is 22.1. The number of urea groups is 1. The van der Waals surface area contributed by atoms with Gasteiger partial charge in [-0.25, -0.2) is 19.6 Å². The zero-order valence-electron chi connectivity index (χ0n) is 20.3. The van der Waals surface area contributed by atoms with E-state index in [9.17, 15) is 19.2 Å². The van der Waals surface area contributed by atoms with E-state index in [-0.39, 0.29) is 5.69 Å². The quantitative estimate of drug-likeness (QED) is 0.383. The zero-order valence-corrected chi connectivity index (χ0v) is 20.3. The van der Waals surface area contributed by atoms with Crippen LogP contribution in [0.3, 0.4) is 0 Å². The highest BCUT2D eigenvalue weighted by Crippen LogP contribution is 2.34. The molecule has 2 aliphatic rings. The van der Waals surface area contributed by atoms with Crippen LogP contribution in [0.15, 0.2) is 84.0 Å². The second-order valence-corrected chi connectivity index (χ2v) is 8.79. The van der Waals surface area contributed by atoms with Crippen molar-refractivity contribution >= 4 is 35.2 Å². The molecule has 1 saturated heterocycles. The molecule has 0 aromatic heterocycles. The summed E-state index contributed by atoms with van der Waals surface area (Å²) in [5.74, 6) is -1.95. The van der Waals surface area contributed by atoms with Gasteiger partial charge in [0.2, 0.25) is 0 Å². The molecular weight excluding hydrogens is 472 g/mol. The summed E-state index contributed by atoms with van der Waals surface area (Å²) in [5.41, 5.74) is 3.59. The van der Waals surface area contributed by atoms with Crippen molar-refractivity contribution in [3.63, 3.8) is 0 Å². The molecule has 2 aliphatic heterocycles. The van der Waals surface area contributed by atoms with Gasteiger partial charge < -0.3 is 4.74 Å². The van der Waals surface area contributed by atoms with Crippen LogP contribution >= 0.6 is 0 Å². The largest absolute Gasteiger partial charge is 0.497 e. The minimum absolute atomic E-state index is 0.269. The molecule has 3 aromatic rings. The number of carbonyl (C=O) groups excluding carboxylic acids is 4. The molecule has 0 aliphatic carbocycles. The maximum Gasteiger partial charge on any atom is 0.339 e. The van der Waals surface area contributed by atoms with Gasteiger partial charge in [0, 0.05) is 6.42 Å². The molecule has 0 bridgehead atoms. The summed E-state index contributed by atoms with van der Waals surface area (Å²) >= 11 is 0. The lowest BCUT2D eigenvalue weighted by atomic mass is 9.98. The summed E-state index contributed by atoms with van der Waals surface area (Å²) in [6.45, 7) is 1.26. The number of rotatable bonds is 6. The Balaban J connectivity index is 1.42. The second kappa shape index (κ2) is 9.69. The third-order valence-electron chi connectivity index (χ3n) is 6.41. The van der Waals surface area contributed by atoms with Gasteiger partial charge in [0.1, 0.15) is 12.3 Å². The first-order chi connectivity index (χ1) is 17.9. The topological polar surface area (TPSA) is 99.6 Å². The summed E-state index contributed by atoms with van der Waals surface area (Å²) < 4.78 is 5.24. The molecule has 9 nitrogen and oxygen atoms in total. The summed E-state index contributed by atoms with van der Waals surface area (Å²) in [7, 11) is 1.57. The Morgan fingerprint density at radius 2 is 1.59 bits per heavy atom. The molecule has 1 fully saturated rings. The fraction of sp³-hybridized carbons (Fsp3) is 0.179. The number of hydrogen-bond acceptors (Lipinski definition) is 6. The van der Waals surface area contributed by atoms with Crippen LogP contribution in [0.1, 0.15) is 29.2 Å². The molecular formula is C28H24N4O5. The van der Waals surface area contributed by atoms with Crippen molar-refractivity contribution in [1.29, 1.82) is 0 Å². The van der Waals surface area contributed by atoms with Crippen LogP contribution in [-0.4, -0.2) is 53.0 Å². The number of ether oxygens (including phenoxy) is 1. The lowest BCUT2D eigenvalue weighted by molar-refractivity contribution is -0.142. The lowest BCUT2D eigenvalue weighted by Gasteiger charge is -2.24. The molecule has 9 heteroatoms. The number of methoxy groups -OCH3 is 1. The maximum atomic E-state index is 13.5. The highest BCUT2D eigenvalue weighted by Gasteiger charge is 2.47. The number of carbonyl (C=O) groups is 4. The smallest absolute Gasteiger partial charge is 0.339 e. The average molecular weight is 497 g/mol. The molecule has 5 amide bonds. The molecule has 37 heavy (non-hydrogen) atoms. The minimum Gasteiger partial charge on any atom is -0.497 e. The first-order valence-electron chi connectivity index (χ1n) is 11.7. The Morgan fingerprint density at radius 1 is 0.919 bits per heavy atom. The van der Waals surface area contributed by atoms with Gasteiger partial charge in [0.15, 0.2) is 0 Å². The molecule has 3 aromatic carbocycles. The number of nitrogens with zero attached hydrogens (tertiary/aromatic N) is 4. The van der Waals surface area contributed by atoms with Gasteiger partial charge >= 0.3 is 17.8 Å². The molecule has 1 atom stereocenters. The standard InChI is InChI=1S/C28H24N4O5/c1-18-8-12-21(13-9-18)31-27(35)26(34)30(28(31)36)17-25(33)32-24(20-10-14-22(37-2)15-11-20)16-23(29-32)19-6-4-3-5-7-19/h3-15,24H,16-17H2,1-2H3/t24-/m1/s1. The monoisotopic (exact) mass is 496 g/mol. The zero-order chi connectivity index (χ0) is 26.1. The Kier molecular flexibility index (Phi) is 6.27. The van der Waals surface area contributed by atoms with E-state index in [4.69, 9.17) is 4.74 Å². The van der Waals surface area contributed by atoms with Crippen molar-refractivity contribution < 1.29 is 23.9 Å².